The van der Waals surface area contributed by atoms with Crippen molar-refractivity contribution < 1.29 is 36.9 Å². The van der Waals surface area contributed by atoms with Crippen LogP contribution in [0.2, 0.25) is 0 Å². The van der Waals surface area contributed by atoms with Crippen molar-refractivity contribution in [2.75, 3.05) is 39.3 Å². The molecule has 0 unspecified atom stereocenters. The van der Waals surface area contributed by atoms with Crippen molar-refractivity contribution in [2.45, 2.75) is 4.90 Å². The van der Waals surface area contributed by atoms with Gasteiger partial charge in [-0.05, 0) is 66.2 Å². The van der Waals surface area contributed by atoms with E-state index in [9.17, 15) is 13.2 Å². The van der Waals surface area contributed by atoms with Gasteiger partial charge in [0.1, 0.15) is 29.5 Å². The number of nitrogens with one attached hydrogen (secondary N) is 1. The normalized spacial score (nSPS) is 11.1. The van der Waals surface area contributed by atoms with Crippen LogP contribution in [0.3, 0.4) is 0 Å². The summed E-state index contributed by atoms with van der Waals surface area (Å²) in [5, 5.41) is 4.00. The second kappa shape index (κ2) is 14.1. The number of amides is 1. The third-order valence-electron chi connectivity index (χ3n) is 6.15. The highest BCUT2D eigenvalue weighted by atomic mass is 32.2. The second-order valence-electron chi connectivity index (χ2n) is 8.84. The number of hydrogen-bond acceptors (Lipinski definition) is 9. The lowest BCUT2D eigenvalue weighted by atomic mass is 10.2. The van der Waals surface area contributed by atoms with E-state index < -0.39 is 22.5 Å². The summed E-state index contributed by atoms with van der Waals surface area (Å²) in [6.45, 7) is -0.624. The molecule has 4 aromatic rings. The molecule has 12 heteroatoms. The van der Waals surface area contributed by atoms with Gasteiger partial charge in [0.15, 0.2) is 11.5 Å². The molecule has 0 aromatic heterocycles. The number of hydrazone groups is 1. The molecule has 224 valence electrons. The Kier molecular flexibility index (Phi) is 10.1. The molecule has 0 spiro atoms. The van der Waals surface area contributed by atoms with Crippen molar-refractivity contribution in [2.24, 2.45) is 5.10 Å². The molecule has 1 amide bonds. The Morgan fingerprint density at radius 1 is 0.744 bits per heavy atom. The van der Waals surface area contributed by atoms with Gasteiger partial charge < -0.3 is 23.7 Å². The van der Waals surface area contributed by atoms with E-state index in [-0.39, 0.29) is 22.1 Å². The summed E-state index contributed by atoms with van der Waals surface area (Å²) < 4.78 is 55.9. The van der Waals surface area contributed by atoms with Crippen LogP contribution in [-0.2, 0) is 14.8 Å². The predicted octanol–water partition coefficient (Wildman–Crippen LogP) is 4.86. The van der Waals surface area contributed by atoms with Gasteiger partial charge in [0.2, 0.25) is 0 Å². The van der Waals surface area contributed by atoms with Crippen LogP contribution in [0.25, 0.3) is 0 Å². The third kappa shape index (κ3) is 7.54. The summed E-state index contributed by atoms with van der Waals surface area (Å²) in [7, 11) is 1.34. The smallest absolute Gasteiger partial charge is 0.265 e. The number of anilines is 1. The number of sulfonamides is 1. The van der Waals surface area contributed by atoms with Crippen LogP contribution < -0.4 is 33.4 Å². The lowest BCUT2D eigenvalue weighted by molar-refractivity contribution is -0.119. The van der Waals surface area contributed by atoms with Crippen molar-refractivity contribution >= 4 is 27.8 Å². The molecule has 4 rings (SSSR count). The number of carbonyl (C=O) groups excluding carboxylic acids is 1. The highest BCUT2D eigenvalue weighted by Gasteiger charge is 2.31. The number of carbonyl (C=O) groups is 1. The molecule has 0 bridgehead atoms. The Morgan fingerprint density at radius 2 is 1.37 bits per heavy atom. The number of ether oxygens (including phenoxy) is 5. The van der Waals surface area contributed by atoms with Gasteiger partial charge in [0.05, 0.1) is 45.2 Å². The van der Waals surface area contributed by atoms with Crippen molar-refractivity contribution in [1.82, 2.24) is 5.43 Å². The van der Waals surface area contributed by atoms with E-state index in [4.69, 9.17) is 23.7 Å². The largest absolute Gasteiger partial charge is 0.497 e. The number of rotatable bonds is 13. The van der Waals surface area contributed by atoms with Crippen LogP contribution in [0.15, 0.2) is 101 Å². The lowest BCUT2D eigenvalue weighted by Gasteiger charge is -2.26. The molecule has 0 aliphatic heterocycles. The summed E-state index contributed by atoms with van der Waals surface area (Å²) in [6.07, 6.45) is 1.43. The maximum absolute atomic E-state index is 14.0. The molecular formula is C31H31N3O8S. The van der Waals surface area contributed by atoms with Gasteiger partial charge >= 0.3 is 0 Å². The highest BCUT2D eigenvalue weighted by Crippen LogP contribution is 2.37. The third-order valence-corrected chi connectivity index (χ3v) is 7.90. The van der Waals surface area contributed by atoms with E-state index in [1.807, 2.05) is 30.3 Å². The van der Waals surface area contributed by atoms with Crippen LogP contribution in [0.5, 0.6) is 34.5 Å². The minimum Gasteiger partial charge on any atom is -0.497 e. The van der Waals surface area contributed by atoms with Crippen LogP contribution in [0.1, 0.15) is 5.56 Å². The number of benzene rings is 4. The van der Waals surface area contributed by atoms with Gasteiger partial charge in [0.25, 0.3) is 15.9 Å². The molecule has 0 aliphatic rings. The number of hydrogen-bond donors (Lipinski definition) is 1. The van der Waals surface area contributed by atoms with Crippen LogP contribution in [0, 0.1) is 0 Å². The van der Waals surface area contributed by atoms with Crippen molar-refractivity contribution in [3.05, 3.63) is 96.6 Å². The zero-order valence-electron chi connectivity index (χ0n) is 24.0. The molecule has 0 atom stereocenters. The van der Waals surface area contributed by atoms with Crippen LogP contribution >= 0.6 is 0 Å². The first kappa shape index (κ1) is 30.7. The highest BCUT2D eigenvalue weighted by molar-refractivity contribution is 7.92. The monoisotopic (exact) mass is 605 g/mol. The standard InChI is InChI=1S/C31H31N3O8S/c1-38-25-14-16-28(39-2)27(18-25)34(43(36,37)26-15-17-29(40-3)30(19-26)41-4)21-31(35)33-32-20-22-10-12-24(13-11-22)42-23-8-6-5-7-9-23/h5-20H,21H2,1-4H3,(H,33,35)/b32-20-. The Hall–Kier alpha value is -5.23. The number of methoxy groups -OCH3 is 4. The van der Waals surface area contributed by atoms with Crippen molar-refractivity contribution in [1.29, 1.82) is 0 Å². The maximum atomic E-state index is 14.0. The molecule has 0 heterocycles. The first-order valence-electron chi connectivity index (χ1n) is 12.9. The van der Waals surface area contributed by atoms with Crippen molar-refractivity contribution in [3.8, 4) is 34.5 Å². The molecular weight excluding hydrogens is 574 g/mol. The van der Waals surface area contributed by atoms with Gasteiger partial charge in [-0.15, -0.1) is 0 Å². The van der Waals surface area contributed by atoms with Gasteiger partial charge in [-0.3, -0.25) is 9.10 Å². The molecule has 0 fully saturated rings. The van der Waals surface area contributed by atoms with E-state index in [0.717, 1.165) is 4.31 Å². The Labute approximate surface area is 250 Å². The average molecular weight is 606 g/mol. The quantitative estimate of drug-likeness (QED) is 0.169. The average Bonchev–Trinajstić information content (AvgIpc) is 3.04. The Balaban J connectivity index is 1.57. The molecule has 0 aliphatic carbocycles. The van der Waals surface area contributed by atoms with Gasteiger partial charge in [0, 0.05) is 12.1 Å². The van der Waals surface area contributed by atoms with Gasteiger partial charge in [-0.25, -0.2) is 13.8 Å². The van der Waals surface area contributed by atoms with E-state index >= 15 is 0 Å². The molecule has 0 radical (unpaired) electrons. The Morgan fingerprint density at radius 3 is 2.02 bits per heavy atom. The predicted molar refractivity (Wildman–Crippen MR) is 162 cm³/mol. The zero-order valence-corrected chi connectivity index (χ0v) is 24.8. The molecule has 11 nitrogen and oxygen atoms in total. The minimum absolute atomic E-state index is 0.0877. The fourth-order valence-corrected chi connectivity index (χ4v) is 5.43. The van der Waals surface area contributed by atoms with E-state index in [1.54, 1.807) is 36.4 Å². The fraction of sp³-hybridized carbons (Fsp3) is 0.161. The topological polar surface area (TPSA) is 125 Å². The SMILES string of the molecule is COc1ccc(OC)c(N(CC(=O)N/N=C\c2ccc(Oc3ccccc3)cc2)S(=O)(=O)c2ccc(OC)c(OC)c2)c1. The van der Waals surface area contributed by atoms with E-state index in [2.05, 4.69) is 10.5 Å². The molecule has 0 saturated carbocycles. The molecule has 4 aromatic carbocycles. The van der Waals surface area contributed by atoms with Gasteiger partial charge in [-0.2, -0.15) is 5.10 Å². The van der Waals surface area contributed by atoms with Gasteiger partial charge in [-0.1, -0.05) is 18.2 Å². The maximum Gasteiger partial charge on any atom is 0.265 e. The first-order chi connectivity index (χ1) is 20.8. The summed E-state index contributed by atoms with van der Waals surface area (Å²) in [5.74, 6) is 1.76. The van der Waals surface area contributed by atoms with E-state index in [0.29, 0.717) is 28.6 Å². The molecule has 43 heavy (non-hydrogen) atoms. The summed E-state index contributed by atoms with van der Waals surface area (Å²) in [6, 6.07) is 25.2. The minimum atomic E-state index is -4.34. The Bertz CT molecular complexity index is 1680. The summed E-state index contributed by atoms with van der Waals surface area (Å²) >= 11 is 0. The summed E-state index contributed by atoms with van der Waals surface area (Å²) in [5.41, 5.74) is 3.17. The first-order valence-corrected chi connectivity index (χ1v) is 14.3. The zero-order chi connectivity index (χ0) is 30.8. The van der Waals surface area contributed by atoms with Crippen molar-refractivity contribution in [3.63, 3.8) is 0 Å². The number of nitrogens with zero attached hydrogens (tertiary/aromatic N) is 2. The second-order valence-corrected chi connectivity index (χ2v) is 10.7. The van der Waals surface area contributed by atoms with Crippen LogP contribution in [-0.4, -0.2) is 55.5 Å². The summed E-state index contributed by atoms with van der Waals surface area (Å²) in [4.78, 5) is 12.9. The fourth-order valence-electron chi connectivity index (χ4n) is 3.99. The van der Waals surface area contributed by atoms with Crippen LogP contribution in [0.4, 0.5) is 5.69 Å². The molecule has 0 saturated heterocycles. The number of para-hydroxylation sites is 1. The van der Waals surface area contributed by atoms with E-state index in [1.165, 1.54) is 58.9 Å². The lowest BCUT2D eigenvalue weighted by Crippen LogP contribution is -2.39. The molecule has 1 N–H and O–H groups in total.